The lowest BCUT2D eigenvalue weighted by atomic mass is 9.96. The minimum Gasteiger partial charge on any atom is -0.388 e. The highest BCUT2D eigenvalue weighted by Gasteiger charge is 2.20. The molecule has 6 nitrogen and oxygen atoms in total. The Bertz CT molecular complexity index is 189. The van der Waals surface area contributed by atoms with Crippen molar-refractivity contribution in [1.82, 2.24) is 0 Å². The van der Waals surface area contributed by atoms with E-state index in [1.165, 1.54) is 14.2 Å². The molecule has 0 spiro atoms. The molecule has 19 heavy (non-hydrogen) atoms. The lowest BCUT2D eigenvalue weighted by Gasteiger charge is -2.25. The van der Waals surface area contributed by atoms with Crippen molar-refractivity contribution in [3.8, 4) is 0 Å². The molecule has 2 N–H and O–H groups in total. The highest BCUT2D eigenvalue weighted by molar-refractivity contribution is 4.68. The maximum atomic E-state index is 9.43. The van der Waals surface area contributed by atoms with Crippen molar-refractivity contribution in [3.05, 3.63) is 0 Å². The Morgan fingerprint density at radius 3 is 1.47 bits per heavy atom. The van der Waals surface area contributed by atoms with Crippen LogP contribution in [-0.2, 0) is 18.9 Å². The van der Waals surface area contributed by atoms with E-state index in [0.717, 1.165) is 0 Å². The predicted octanol–water partition coefficient (Wildman–Crippen LogP) is 0.0604. The van der Waals surface area contributed by atoms with Gasteiger partial charge in [-0.2, -0.15) is 0 Å². The molecule has 0 amide bonds. The monoisotopic (exact) mass is 280 g/mol. The molecule has 2 atom stereocenters. The van der Waals surface area contributed by atoms with Crippen molar-refractivity contribution >= 4 is 0 Å². The van der Waals surface area contributed by atoms with Crippen LogP contribution in [0.3, 0.4) is 0 Å². The van der Waals surface area contributed by atoms with E-state index in [-0.39, 0.29) is 31.8 Å². The average molecular weight is 280 g/mol. The summed E-state index contributed by atoms with van der Waals surface area (Å²) >= 11 is 0. The number of hydrogen-bond donors (Lipinski definition) is 2. The van der Waals surface area contributed by atoms with E-state index in [4.69, 9.17) is 18.9 Å². The first kappa shape index (κ1) is 18.8. The molecule has 0 saturated heterocycles. The van der Waals surface area contributed by atoms with Crippen LogP contribution in [0.15, 0.2) is 0 Å². The first-order valence-corrected chi connectivity index (χ1v) is 6.41. The zero-order chi connectivity index (χ0) is 14.7. The first-order valence-electron chi connectivity index (χ1n) is 6.41. The lowest BCUT2D eigenvalue weighted by molar-refractivity contribution is -0.0626. The largest absolute Gasteiger partial charge is 0.388 e. The second-order valence-corrected chi connectivity index (χ2v) is 5.41. The third-order valence-electron chi connectivity index (χ3n) is 2.32. The molecule has 116 valence electrons. The number of aliphatic hydroxyl groups excluding tert-OH is 2. The molecule has 0 aliphatic rings. The van der Waals surface area contributed by atoms with Gasteiger partial charge in [-0.05, 0) is 0 Å². The summed E-state index contributed by atoms with van der Waals surface area (Å²) in [5, 5.41) is 18.9. The van der Waals surface area contributed by atoms with E-state index < -0.39 is 12.2 Å². The van der Waals surface area contributed by atoms with Gasteiger partial charge in [-0.25, -0.2) is 0 Å². The second kappa shape index (κ2) is 10.5. The molecular formula is C13H28O6. The van der Waals surface area contributed by atoms with Crippen LogP contribution in [0.25, 0.3) is 0 Å². The van der Waals surface area contributed by atoms with Gasteiger partial charge in [0.25, 0.3) is 0 Å². The van der Waals surface area contributed by atoms with Gasteiger partial charge in [0.1, 0.15) is 12.2 Å². The molecule has 6 heteroatoms. The number of ether oxygens (including phenoxy) is 4. The molecule has 2 unspecified atom stereocenters. The van der Waals surface area contributed by atoms with Gasteiger partial charge in [-0.15, -0.1) is 0 Å². The summed E-state index contributed by atoms with van der Waals surface area (Å²) in [7, 11) is 3.07. The third-order valence-corrected chi connectivity index (χ3v) is 2.32. The van der Waals surface area contributed by atoms with Gasteiger partial charge >= 0.3 is 0 Å². The van der Waals surface area contributed by atoms with Crippen molar-refractivity contribution in [1.29, 1.82) is 0 Å². The Hall–Kier alpha value is -0.240. The number of rotatable bonds is 12. The summed E-state index contributed by atoms with van der Waals surface area (Å²) in [4.78, 5) is 0. The smallest absolute Gasteiger partial charge is 0.101 e. The summed E-state index contributed by atoms with van der Waals surface area (Å²) in [6, 6.07) is 0. The van der Waals surface area contributed by atoms with E-state index in [9.17, 15) is 10.2 Å². The molecule has 0 radical (unpaired) electrons. The Morgan fingerprint density at radius 2 is 1.16 bits per heavy atom. The van der Waals surface area contributed by atoms with Crippen LogP contribution in [0, 0.1) is 5.41 Å². The van der Waals surface area contributed by atoms with Gasteiger partial charge in [-0.3, -0.25) is 0 Å². The van der Waals surface area contributed by atoms with Crippen molar-refractivity contribution in [2.24, 2.45) is 5.41 Å². The summed E-state index contributed by atoms with van der Waals surface area (Å²) in [5.41, 5.74) is -0.181. The fourth-order valence-electron chi connectivity index (χ4n) is 1.47. The Morgan fingerprint density at radius 1 is 0.789 bits per heavy atom. The van der Waals surface area contributed by atoms with Gasteiger partial charge < -0.3 is 29.2 Å². The number of methoxy groups -OCH3 is 2. The molecule has 0 aromatic heterocycles. The zero-order valence-corrected chi connectivity index (χ0v) is 12.4. The molecule has 0 fully saturated rings. The molecular weight excluding hydrogens is 252 g/mol. The van der Waals surface area contributed by atoms with E-state index in [0.29, 0.717) is 13.2 Å². The van der Waals surface area contributed by atoms with Crippen molar-refractivity contribution in [2.75, 3.05) is 53.9 Å². The maximum Gasteiger partial charge on any atom is 0.101 e. The summed E-state index contributed by atoms with van der Waals surface area (Å²) in [6.45, 7) is 5.94. The van der Waals surface area contributed by atoms with Crippen LogP contribution in [0.1, 0.15) is 13.8 Å². The Balaban J connectivity index is 3.67. The summed E-state index contributed by atoms with van der Waals surface area (Å²) < 4.78 is 20.5. The molecule has 0 rings (SSSR count). The van der Waals surface area contributed by atoms with Crippen LogP contribution in [0.5, 0.6) is 0 Å². The molecule has 0 heterocycles. The Labute approximate surface area is 115 Å². The van der Waals surface area contributed by atoms with E-state index in [2.05, 4.69) is 0 Å². The average Bonchev–Trinajstić information content (AvgIpc) is 2.29. The van der Waals surface area contributed by atoms with E-state index >= 15 is 0 Å². The molecule has 0 saturated carbocycles. The normalized spacial score (nSPS) is 15.5. The third kappa shape index (κ3) is 11.3. The van der Waals surface area contributed by atoms with Gasteiger partial charge in [0.2, 0.25) is 0 Å². The van der Waals surface area contributed by atoms with E-state index in [1.807, 2.05) is 13.8 Å². The quantitative estimate of drug-likeness (QED) is 0.526. The highest BCUT2D eigenvalue weighted by Crippen LogP contribution is 2.16. The Kier molecular flexibility index (Phi) is 10.4. The minimum absolute atomic E-state index is 0.181. The van der Waals surface area contributed by atoms with Gasteiger partial charge in [0.05, 0.1) is 39.6 Å². The minimum atomic E-state index is -0.606. The molecule has 0 aromatic carbocycles. The van der Waals surface area contributed by atoms with E-state index in [1.54, 1.807) is 0 Å². The van der Waals surface area contributed by atoms with Crippen LogP contribution in [-0.4, -0.2) is 76.3 Å². The zero-order valence-electron chi connectivity index (χ0n) is 12.4. The van der Waals surface area contributed by atoms with Crippen LogP contribution < -0.4 is 0 Å². The fraction of sp³-hybridized carbons (Fsp3) is 1.00. The van der Waals surface area contributed by atoms with Gasteiger partial charge in [0, 0.05) is 19.6 Å². The molecule has 0 aromatic rings. The van der Waals surface area contributed by atoms with Gasteiger partial charge in [0.15, 0.2) is 0 Å². The van der Waals surface area contributed by atoms with Crippen molar-refractivity contribution in [3.63, 3.8) is 0 Å². The van der Waals surface area contributed by atoms with Gasteiger partial charge in [-0.1, -0.05) is 13.8 Å². The second-order valence-electron chi connectivity index (χ2n) is 5.41. The topological polar surface area (TPSA) is 77.4 Å². The van der Waals surface area contributed by atoms with Crippen molar-refractivity contribution < 1.29 is 29.2 Å². The molecule has 0 bridgehead atoms. The fourth-order valence-corrected chi connectivity index (χ4v) is 1.47. The summed E-state index contributed by atoms with van der Waals surface area (Å²) in [5.74, 6) is 0. The highest BCUT2D eigenvalue weighted by atomic mass is 16.5. The summed E-state index contributed by atoms with van der Waals surface area (Å²) in [6.07, 6.45) is -1.21. The van der Waals surface area contributed by atoms with Crippen molar-refractivity contribution in [2.45, 2.75) is 26.1 Å². The number of aliphatic hydroxyl groups is 2. The standard InChI is InChI=1S/C13H28O6/c1-13(2,9-18-7-11(14)5-16-3)10-19-8-12(15)6-17-4/h11-12,14-15H,5-10H2,1-4H3. The van der Waals surface area contributed by atoms with Crippen LogP contribution >= 0.6 is 0 Å². The first-order chi connectivity index (χ1) is 8.91. The molecule has 0 aliphatic carbocycles. The van der Waals surface area contributed by atoms with Crippen LogP contribution in [0.4, 0.5) is 0 Å². The lowest BCUT2D eigenvalue weighted by Crippen LogP contribution is -2.31. The maximum absolute atomic E-state index is 9.43. The SMILES string of the molecule is COCC(O)COCC(C)(C)COCC(O)COC. The predicted molar refractivity (Wildman–Crippen MR) is 71.2 cm³/mol. The molecule has 0 aliphatic heterocycles. The van der Waals surface area contributed by atoms with Crippen LogP contribution in [0.2, 0.25) is 0 Å². The number of hydrogen-bond acceptors (Lipinski definition) is 6.